The smallest absolute Gasteiger partial charge is 0.254 e. The lowest BCUT2D eigenvalue weighted by Crippen LogP contribution is -2.39. The highest BCUT2D eigenvalue weighted by atomic mass is 16.2. The van der Waals surface area contributed by atoms with Gasteiger partial charge in [-0.15, -0.1) is 0 Å². The van der Waals surface area contributed by atoms with Crippen molar-refractivity contribution in [1.29, 1.82) is 0 Å². The van der Waals surface area contributed by atoms with Crippen LogP contribution in [0.5, 0.6) is 0 Å². The van der Waals surface area contributed by atoms with Gasteiger partial charge in [0.2, 0.25) is 0 Å². The maximum Gasteiger partial charge on any atom is 0.254 e. The van der Waals surface area contributed by atoms with Gasteiger partial charge in [-0.2, -0.15) is 0 Å². The van der Waals surface area contributed by atoms with Gasteiger partial charge < -0.3 is 10.6 Å². The third kappa shape index (κ3) is 2.57. The first kappa shape index (κ1) is 13.8. The lowest BCUT2D eigenvalue weighted by Gasteiger charge is -2.34. The fourth-order valence-corrected chi connectivity index (χ4v) is 2.93. The van der Waals surface area contributed by atoms with E-state index in [-0.39, 0.29) is 11.9 Å². The van der Waals surface area contributed by atoms with Crippen molar-refractivity contribution in [3.05, 3.63) is 70.8 Å². The topological polar surface area (TPSA) is 46.3 Å². The number of carbonyl (C=O) groups excluding carboxylic acids is 1. The number of hydrogen-bond donors (Lipinski definition) is 1. The van der Waals surface area contributed by atoms with Crippen molar-refractivity contribution in [1.82, 2.24) is 4.90 Å². The van der Waals surface area contributed by atoms with E-state index in [0.717, 1.165) is 35.2 Å². The lowest BCUT2D eigenvalue weighted by molar-refractivity contribution is 0.0673. The van der Waals surface area contributed by atoms with Gasteiger partial charge in [-0.3, -0.25) is 4.79 Å². The van der Waals surface area contributed by atoms with Crippen LogP contribution in [-0.2, 0) is 13.0 Å². The SMILES string of the molecule is CC(c1ccc(CN)cc1)N1CCc2ccccc2C1=O. The molecule has 1 aliphatic heterocycles. The van der Waals surface area contributed by atoms with Gasteiger partial charge in [0.05, 0.1) is 6.04 Å². The molecule has 3 rings (SSSR count). The molecule has 108 valence electrons. The number of nitrogens with zero attached hydrogens (tertiary/aromatic N) is 1. The Hall–Kier alpha value is -2.13. The molecule has 1 unspecified atom stereocenters. The fraction of sp³-hybridized carbons (Fsp3) is 0.278. The zero-order valence-corrected chi connectivity index (χ0v) is 12.3. The van der Waals surface area contributed by atoms with E-state index in [2.05, 4.69) is 19.1 Å². The molecule has 0 saturated heterocycles. The van der Waals surface area contributed by atoms with Crippen molar-refractivity contribution in [3.8, 4) is 0 Å². The van der Waals surface area contributed by atoms with Crippen LogP contribution < -0.4 is 5.73 Å². The second-order valence-electron chi connectivity index (χ2n) is 5.53. The predicted octanol–water partition coefficient (Wildman–Crippen LogP) is 2.90. The Kier molecular flexibility index (Phi) is 3.76. The number of fused-ring (bicyclic) bond motifs is 1. The normalized spacial score (nSPS) is 15.7. The minimum absolute atomic E-state index is 0.0812. The summed E-state index contributed by atoms with van der Waals surface area (Å²) in [6.45, 7) is 3.41. The van der Waals surface area contributed by atoms with Crippen molar-refractivity contribution in [2.75, 3.05) is 6.54 Å². The number of amides is 1. The summed E-state index contributed by atoms with van der Waals surface area (Å²) in [6, 6.07) is 16.2. The molecule has 2 N–H and O–H groups in total. The van der Waals surface area contributed by atoms with Crippen LogP contribution in [0.25, 0.3) is 0 Å². The monoisotopic (exact) mass is 280 g/mol. The molecule has 0 bridgehead atoms. The number of rotatable bonds is 3. The molecule has 1 heterocycles. The maximum atomic E-state index is 12.7. The van der Waals surface area contributed by atoms with Gasteiger partial charge in [-0.25, -0.2) is 0 Å². The van der Waals surface area contributed by atoms with E-state index in [1.54, 1.807) is 0 Å². The van der Waals surface area contributed by atoms with Crippen LogP contribution in [0.4, 0.5) is 0 Å². The molecule has 1 amide bonds. The quantitative estimate of drug-likeness (QED) is 0.939. The van der Waals surface area contributed by atoms with E-state index in [0.29, 0.717) is 6.54 Å². The zero-order chi connectivity index (χ0) is 14.8. The summed E-state index contributed by atoms with van der Waals surface area (Å²) >= 11 is 0. The van der Waals surface area contributed by atoms with Gasteiger partial charge in [-0.05, 0) is 36.1 Å². The van der Waals surface area contributed by atoms with Crippen LogP contribution in [-0.4, -0.2) is 17.4 Å². The number of hydrogen-bond acceptors (Lipinski definition) is 2. The van der Waals surface area contributed by atoms with Crippen molar-refractivity contribution in [3.63, 3.8) is 0 Å². The van der Waals surface area contributed by atoms with E-state index < -0.39 is 0 Å². The Labute approximate surface area is 125 Å². The zero-order valence-electron chi connectivity index (χ0n) is 12.3. The van der Waals surface area contributed by atoms with E-state index in [1.165, 1.54) is 0 Å². The lowest BCUT2D eigenvalue weighted by atomic mass is 9.96. The molecule has 0 aliphatic carbocycles. The molecular weight excluding hydrogens is 260 g/mol. The highest BCUT2D eigenvalue weighted by Gasteiger charge is 2.28. The Morgan fingerprint density at radius 1 is 1.14 bits per heavy atom. The van der Waals surface area contributed by atoms with Gasteiger partial charge >= 0.3 is 0 Å². The third-order valence-electron chi connectivity index (χ3n) is 4.30. The predicted molar refractivity (Wildman–Crippen MR) is 83.9 cm³/mol. The number of nitrogens with two attached hydrogens (primary N) is 1. The van der Waals surface area contributed by atoms with Crippen LogP contribution in [0.3, 0.4) is 0 Å². The largest absolute Gasteiger partial charge is 0.332 e. The molecule has 0 fully saturated rings. The van der Waals surface area contributed by atoms with Crippen molar-refractivity contribution < 1.29 is 4.79 Å². The highest BCUT2D eigenvalue weighted by Crippen LogP contribution is 2.27. The van der Waals surface area contributed by atoms with E-state index >= 15 is 0 Å². The molecule has 0 aromatic heterocycles. The van der Waals surface area contributed by atoms with Gasteiger partial charge in [0.15, 0.2) is 0 Å². The summed E-state index contributed by atoms with van der Waals surface area (Å²) in [5, 5.41) is 0. The van der Waals surface area contributed by atoms with Crippen LogP contribution in [0.1, 0.15) is 40.0 Å². The Balaban J connectivity index is 1.85. The molecule has 0 saturated carbocycles. The summed E-state index contributed by atoms with van der Waals surface area (Å²) in [7, 11) is 0. The Bertz CT molecular complexity index is 649. The summed E-state index contributed by atoms with van der Waals surface area (Å²) in [5.74, 6) is 0.132. The number of carbonyl (C=O) groups is 1. The van der Waals surface area contributed by atoms with E-state index in [1.807, 2.05) is 41.3 Å². The summed E-state index contributed by atoms with van der Waals surface area (Å²) in [4.78, 5) is 14.6. The van der Waals surface area contributed by atoms with Gasteiger partial charge in [-0.1, -0.05) is 42.5 Å². The average Bonchev–Trinajstić information content (AvgIpc) is 2.55. The summed E-state index contributed by atoms with van der Waals surface area (Å²) in [6.07, 6.45) is 0.924. The van der Waals surface area contributed by atoms with E-state index in [4.69, 9.17) is 5.73 Å². The fourth-order valence-electron chi connectivity index (χ4n) is 2.93. The second kappa shape index (κ2) is 5.70. The standard InChI is InChI=1S/C18H20N2O/c1-13(15-8-6-14(12-19)7-9-15)20-11-10-16-4-2-3-5-17(16)18(20)21/h2-9,13H,10-12,19H2,1H3. The average molecular weight is 280 g/mol. The third-order valence-corrected chi connectivity index (χ3v) is 4.30. The molecule has 1 aliphatic rings. The van der Waals surface area contributed by atoms with Gasteiger partial charge in [0, 0.05) is 18.7 Å². The van der Waals surface area contributed by atoms with Crippen LogP contribution >= 0.6 is 0 Å². The van der Waals surface area contributed by atoms with Crippen molar-refractivity contribution >= 4 is 5.91 Å². The van der Waals surface area contributed by atoms with Crippen LogP contribution in [0.2, 0.25) is 0 Å². The molecule has 0 spiro atoms. The van der Waals surface area contributed by atoms with Gasteiger partial charge in [0.1, 0.15) is 0 Å². The summed E-state index contributed by atoms with van der Waals surface area (Å²) < 4.78 is 0. The molecule has 2 aromatic carbocycles. The first-order chi connectivity index (χ1) is 10.2. The summed E-state index contributed by atoms with van der Waals surface area (Å²) in [5.41, 5.74) is 9.89. The van der Waals surface area contributed by atoms with E-state index in [9.17, 15) is 4.79 Å². The van der Waals surface area contributed by atoms with Crippen molar-refractivity contribution in [2.45, 2.75) is 25.9 Å². The van der Waals surface area contributed by atoms with Crippen LogP contribution in [0.15, 0.2) is 48.5 Å². The Morgan fingerprint density at radius 2 is 1.86 bits per heavy atom. The number of benzene rings is 2. The minimum Gasteiger partial charge on any atom is -0.332 e. The molecule has 0 radical (unpaired) electrons. The molecule has 1 atom stereocenters. The first-order valence-electron chi connectivity index (χ1n) is 7.38. The molecule has 2 aromatic rings. The van der Waals surface area contributed by atoms with Crippen LogP contribution in [0, 0.1) is 0 Å². The molecular formula is C18H20N2O. The van der Waals surface area contributed by atoms with Crippen molar-refractivity contribution in [2.24, 2.45) is 5.73 Å². The maximum absolute atomic E-state index is 12.7. The molecule has 21 heavy (non-hydrogen) atoms. The molecule has 3 nitrogen and oxygen atoms in total. The molecule has 3 heteroatoms. The Morgan fingerprint density at radius 3 is 2.57 bits per heavy atom. The second-order valence-corrected chi connectivity index (χ2v) is 5.53. The highest BCUT2D eigenvalue weighted by molar-refractivity contribution is 5.97. The minimum atomic E-state index is 0.0812. The first-order valence-corrected chi connectivity index (χ1v) is 7.38. The van der Waals surface area contributed by atoms with Gasteiger partial charge in [0.25, 0.3) is 5.91 Å².